The molecule has 0 saturated heterocycles. The van der Waals surface area contributed by atoms with Crippen molar-refractivity contribution in [1.29, 1.82) is 0 Å². The minimum Gasteiger partial charge on any atom is -0.486 e. The van der Waals surface area contributed by atoms with E-state index in [4.69, 9.17) is 9.47 Å². The smallest absolute Gasteiger partial charge is 0.169 e. The third kappa shape index (κ3) is 1.29. The molecule has 0 amide bonds. The zero-order valence-electron chi connectivity index (χ0n) is 6.96. The van der Waals surface area contributed by atoms with Gasteiger partial charge >= 0.3 is 0 Å². The number of ether oxygens (including phenoxy) is 2. The van der Waals surface area contributed by atoms with E-state index in [9.17, 15) is 0 Å². The highest BCUT2D eigenvalue weighted by molar-refractivity contribution is 5.35. The number of hydrogen-bond acceptors (Lipinski definition) is 2. The fraction of sp³-hybridized carbons (Fsp3) is 0.300. The molecule has 0 N–H and O–H groups in total. The molecule has 0 aromatic heterocycles. The Bertz CT molecular complexity index is 315. The predicted octanol–water partition coefficient (Wildman–Crippen LogP) is 1.92. The Morgan fingerprint density at radius 1 is 1.17 bits per heavy atom. The molecule has 1 aliphatic heterocycles. The predicted molar refractivity (Wildman–Crippen MR) is 45.3 cm³/mol. The largest absolute Gasteiger partial charge is 0.486 e. The summed E-state index contributed by atoms with van der Waals surface area (Å²) in [5.41, 5.74) is 4.14. The molecule has 0 fully saturated rings. The second-order valence-corrected chi connectivity index (χ2v) is 2.77. The first-order valence-electron chi connectivity index (χ1n) is 3.97. The first kappa shape index (κ1) is 7.26. The lowest BCUT2D eigenvalue weighted by atomic mass is 10.2. The molecule has 0 spiro atoms. The first-order valence-corrected chi connectivity index (χ1v) is 3.97. The normalized spacial score (nSPS) is 20.6. The summed E-state index contributed by atoms with van der Waals surface area (Å²) in [6, 6.07) is 0. The molecule has 0 aromatic carbocycles. The van der Waals surface area contributed by atoms with E-state index in [0.29, 0.717) is 13.2 Å². The molecule has 2 nitrogen and oxygen atoms in total. The minimum absolute atomic E-state index is 0.629. The summed E-state index contributed by atoms with van der Waals surface area (Å²) >= 11 is 0. The van der Waals surface area contributed by atoms with E-state index < -0.39 is 0 Å². The standard InChI is InChI=1S/C10H10O2/c1-8-3-2-4-9-10(7-8)12-6-5-11-9/h3-4,7H,5-6H2,1H3. The SMILES string of the molecule is CC1=CC2=C(C=C=C1)OCCO2. The van der Waals surface area contributed by atoms with Gasteiger partial charge < -0.3 is 9.47 Å². The molecular formula is C10H10O2. The average molecular weight is 162 g/mol. The number of hydrogen-bond donors (Lipinski definition) is 0. The quantitative estimate of drug-likeness (QED) is 0.506. The van der Waals surface area contributed by atoms with Gasteiger partial charge in [0.25, 0.3) is 0 Å². The molecule has 2 rings (SSSR count). The summed E-state index contributed by atoms with van der Waals surface area (Å²) in [5, 5.41) is 0. The molecule has 0 unspecified atom stereocenters. The summed E-state index contributed by atoms with van der Waals surface area (Å²) in [6.07, 6.45) is 5.68. The van der Waals surface area contributed by atoms with Gasteiger partial charge in [-0.2, -0.15) is 0 Å². The van der Waals surface area contributed by atoms with Crippen LogP contribution in [0, 0.1) is 0 Å². The van der Waals surface area contributed by atoms with Crippen LogP contribution in [0.2, 0.25) is 0 Å². The summed E-state index contributed by atoms with van der Waals surface area (Å²) in [5.74, 6) is 1.61. The van der Waals surface area contributed by atoms with Crippen molar-refractivity contribution in [2.75, 3.05) is 13.2 Å². The maximum Gasteiger partial charge on any atom is 0.169 e. The Hall–Kier alpha value is -1.40. The summed E-state index contributed by atoms with van der Waals surface area (Å²) in [4.78, 5) is 0. The third-order valence-electron chi connectivity index (χ3n) is 1.73. The van der Waals surface area contributed by atoms with Crippen LogP contribution in [0.1, 0.15) is 6.92 Å². The van der Waals surface area contributed by atoms with E-state index in [2.05, 4.69) is 5.73 Å². The highest BCUT2D eigenvalue weighted by atomic mass is 16.6. The van der Waals surface area contributed by atoms with Gasteiger partial charge in [0.2, 0.25) is 0 Å². The van der Waals surface area contributed by atoms with Gasteiger partial charge in [0.1, 0.15) is 13.2 Å². The van der Waals surface area contributed by atoms with Crippen molar-refractivity contribution in [3.05, 3.63) is 41.1 Å². The summed E-state index contributed by atoms with van der Waals surface area (Å²) in [7, 11) is 0. The molecule has 0 bridgehead atoms. The van der Waals surface area contributed by atoms with Crippen LogP contribution in [0.15, 0.2) is 41.1 Å². The van der Waals surface area contributed by atoms with E-state index in [1.165, 1.54) is 0 Å². The highest BCUT2D eigenvalue weighted by Gasteiger charge is 2.11. The topological polar surface area (TPSA) is 18.5 Å². The molecule has 0 radical (unpaired) electrons. The number of allylic oxidation sites excluding steroid dienone is 3. The van der Waals surface area contributed by atoms with Gasteiger partial charge in [-0.15, -0.1) is 5.73 Å². The second-order valence-electron chi connectivity index (χ2n) is 2.77. The van der Waals surface area contributed by atoms with Gasteiger partial charge in [-0.25, -0.2) is 0 Å². The van der Waals surface area contributed by atoms with Crippen LogP contribution >= 0.6 is 0 Å². The van der Waals surface area contributed by atoms with Gasteiger partial charge in [-0.3, -0.25) is 0 Å². The molecule has 0 aromatic rings. The molecule has 12 heavy (non-hydrogen) atoms. The van der Waals surface area contributed by atoms with Crippen LogP contribution in [0.5, 0.6) is 0 Å². The van der Waals surface area contributed by atoms with Crippen molar-refractivity contribution in [3.8, 4) is 0 Å². The Morgan fingerprint density at radius 2 is 1.92 bits per heavy atom. The lowest BCUT2D eigenvalue weighted by Crippen LogP contribution is -2.11. The van der Waals surface area contributed by atoms with Gasteiger partial charge in [-0.05, 0) is 24.6 Å². The van der Waals surface area contributed by atoms with Crippen LogP contribution in [0.3, 0.4) is 0 Å². The summed E-state index contributed by atoms with van der Waals surface area (Å²) < 4.78 is 10.8. The van der Waals surface area contributed by atoms with Gasteiger partial charge in [0.15, 0.2) is 11.5 Å². The Labute approximate surface area is 71.5 Å². The molecule has 1 aliphatic carbocycles. The molecule has 2 aliphatic rings. The maximum absolute atomic E-state index is 5.42. The van der Waals surface area contributed by atoms with Crippen molar-refractivity contribution >= 4 is 0 Å². The van der Waals surface area contributed by atoms with Crippen LogP contribution in [0.4, 0.5) is 0 Å². The average Bonchev–Trinajstić information content (AvgIpc) is 2.25. The van der Waals surface area contributed by atoms with Gasteiger partial charge in [0.05, 0.1) is 0 Å². The number of rotatable bonds is 0. The molecular weight excluding hydrogens is 152 g/mol. The third-order valence-corrected chi connectivity index (χ3v) is 1.73. The molecule has 2 heteroatoms. The molecule has 62 valence electrons. The van der Waals surface area contributed by atoms with E-state index in [0.717, 1.165) is 17.1 Å². The van der Waals surface area contributed by atoms with Crippen LogP contribution in [-0.4, -0.2) is 13.2 Å². The van der Waals surface area contributed by atoms with E-state index >= 15 is 0 Å². The minimum atomic E-state index is 0.629. The van der Waals surface area contributed by atoms with Crippen LogP contribution in [-0.2, 0) is 9.47 Å². The molecule has 0 saturated carbocycles. The molecule has 0 atom stereocenters. The van der Waals surface area contributed by atoms with Crippen molar-refractivity contribution in [3.63, 3.8) is 0 Å². The van der Waals surface area contributed by atoms with Crippen LogP contribution < -0.4 is 0 Å². The highest BCUT2D eigenvalue weighted by Crippen LogP contribution is 2.19. The van der Waals surface area contributed by atoms with Crippen molar-refractivity contribution < 1.29 is 9.47 Å². The summed E-state index contributed by atoms with van der Waals surface area (Å²) in [6.45, 7) is 3.27. The van der Waals surface area contributed by atoms with Crippen molar-refractivity contribution in [1.82, 2.24) is 0 Å². The first-order chi connectivity index (χ1) is 5.86. The maximum atomic E-state index is 5.42. The van der Waals surface area contributed by atoms with E-state index in [1.807, 2.05) is 25.2 Å². The van der Waals surface area contributed by atoms with E-state index in [-0.39, 0.29) is 0 Å². The Morgan fingerprint density at radius 3 is 2.75 bits per heavy atom. The lowest BCUT2D eigenvalue weighted by molar-refractivity contribution is 0.0769. The zero-order valence-corrected chi connectivity index (χ0v) is 6.96. The van der Waals surface area contributed by atoms with Crippen molar-refractivity contribution in [2.45, 2.75) is 6.92 Å². The molecule has 1 heterocycles. The van der Waals surface area contributed by atoms with Crippen molar-refractivity contribution in [2.24, 2.45) is 0 Å². The monoisotopic (exact) mass is 162 g/mol. The fourth-order valence-corrected chi connectivity index (χ4v) is 1.17. The lowest BCUT2D eigenvalue weighted by Gasteiger charge is -2.17. The van der Waals surface area contributed by atoms with Gasteiger partial charge in [0, 0.05) is 6.08 Å². The zero-order chi connectivity index (χ0) is 8.39. The Balaban J connectivity index is 2.42. The van der Waals surface area contributed by atoms with Gasteiger partial charge in [-0.1, -0.05) is 0 Å². The fourth-order valence-electron chi connectivity index (χ4n) is 1.17. The second kappa shape index (κ2) is 2.92. The van der Waals surface area contributed by atoms with Crippen LogP contribution in [0.25, 0.3) is 0 Å². The van der Waals surface area contributed by atoms with E-state index in [1.54, 1.807) is 0 Å². The Kier molecular flexibility index (Phi) is 1.77.